The second-order valence-corrected chi connectivity index (χ2v) is 9.08. The number of ether oxygens (including phenoxy) is 1. The first-order valence-corrected chi connectivity index (χ1v) is 11.2. The fourth-order valence-electron chi connectivity index (χ4n) is 3.19. The van der Waals surface area contributed by atoms with Gasteiger partial charge in [0.2, 0.25) is 0 Å². The first kappa shape index (κ1) is 21.8. The lowest BCUT2D eigenvalue weighted by Crippen LogP contribution is -2.47. The highest BCUT2D eigenvalue weighted by atomic mass is 35.5. The molecule has 31 heavy (non-hydrogen) atoms. The van der Waals surface area contributed by atoms with E-state index in [1.165, 1.54) is 11.3 Å². The second kappa shape index (κ2) is 9.40. The third-order valence-electron chi connectivity index (χ3n) is 4.92. The van der Waals surface area contributed by atoms with Crippen LogP contribution in [-0.4, -0.2) is 66.4 Å². The van der Waals surface area contributed by atoms with Gasteiger partial charge in [-0.15, -0.1) is 0 Å². The number of amides is 2. The first-order valence-electron chi connectivity index (χ1n) is 9.65. The summed E-state index contributed by atoms with van der Waals surface area (Å²) >= 11 is 13.2. The zero-order valence-corrected chi connectivity index (χ0v) is 19.1. The summed E-state index contributed by atoms with van der Waals surface area (Å²) in [4.78, 5) is 33.5. The molecular formula is C21H20Cl2N4O3S. The number of aromatic nitrogens is 1. The maximum Gasteiger partial charge on any atom is 0.264 e. The summed E-state index contributed by atoms with van der Waals surface area (Å²) in [5, 5.41) is 3.98. The SMILES string of the molecule is CN1CCN(C(=O)c2ccc3nc(NC(=O)COc4ccc(Cl)cc4Cl)sc3c2)CC1. The Balaban J connectivity index is 1.39. The summed E-state index contributed by atoms with van der Waals surface area (Å²) in [6.45, 7) is 2.95. The van der Waals surface area contributed by atoms with Crippen molar-refractivity contribution < 1.29 is 14.3 Å². The predicted molar refractivity (Wildman–Crippen MR) is 124 cm³/mol. The van der Waals surface area contributed by atoms with Gasteiger partial charge in [-0.3, -0.25) is 14.9 Å². The molecule has 2 aromatic carbocycles. The van der Waals surface area contributed by atoms with Gasteiger partial charge in [-0.25, -0.2) is 4.98 Å². The molecule has 10 heteroatoms. The molecule has 2 heterocycles. The van der Waals surface area contributed by atoms with Gasteiger partial charge >= 0.3 is 0 Å². The Morgan fingerprint density at radius 1 is 1.13 bits per heavy atom. The van der Waals surface area contributed by atoms with Crippen molar-refractivity contribution in [3.8, 4) is 5.75 Å². The van der Waals surface area contributed by atoms with Crippen LogP contribution in [0.1, 0.15) is 10.4 Å². The van der Waals surface area contributed by atoms with Gasteiger partial charge in [0, 0.05) is 36.8 Å². The van der Waals surface area contributed by atoms with Crippen molar-refractivity contribution in [2.45, 2.75) is 0 Å². The van der Waals surface area contributed by atoms with Crippen LogP contribution in [0, 0.1) is 0 Å². The Hall–Kier alpha value is -2.39. The molecule has 1 N–H and O–H groups in total. The maximum atomic E-state index is 12.8. The minimum Gasteiger partial charge on any atom is -0.482 e. The Morgan fingerprint density at radius 3 is 2.65 bits per heavy atom. The van der Waals surface area contributed by atoms with Gasteiger partial charge in [0.15, 0.2) is 11.7 Å². The Kier molecular flexibility index (Phi) is 6.62. The number of carbonyl (C=O) groups excluding carboxylic acids is 2. The van der Waals surface area contributed by atoms with Crippen LogP contribution in [0.5, 0.6) is 5.75 Å². The molecule has 2 amide bonds. The normalized spacial score (nSPS) is 14.6. The highest BCUT2D eigenvalue weighted by Crippen LogP contribution is 2.29. The fourth-order valence-corrected chi connectivity index (χ4v) is 4.58. The molecule has 1 aromatic heterocycles. The van der Waals surface area contributed by atoms with E-state index in [2.05, 4.69) is 22.2 Å². The smallest absolute Gasteiger partial charge is 0.264 e. The Bertz CT molecular complexity index is 1130. The maximum absolute atomic E-state index is 12.8. The van der Waals surface area contributed by atoms with Crippen molar-refractivity contribution in [2.24, 2.45) is 0 Å². The second-order valence-electron chi connectivity index (χ2n) is 7.21. The molecule has 0 saturated carbocycles. The molecule has 0 radical (unpaired) electrons. The minimum atomic E-state index is -0.362. The van der Waals surface area contributed by atoms with Crippen LogP contribution in [-0.2, 0) is 4.79 Å². The number of hydrogen-bond donors (Lipinski definition) is 1. The number of piperazine rings is 1. The van der Waals surface area contributed by atoms with Crippen LogP contribution in [0.2, 0.25) is 10.0 Å². The number of fused-ring (bicyclic) bond motifs is 1. The molecule has 1 aliphatic rings. The van der Waals surface area contributed by atoms with Gasteiger partial charge in [0.05, 0.1) is 15.2 Å². The van der Waals surface area contributed by atoms with Crippen LogP contribution in [0.3, 0.4) is 0 Å². The lowest BCUT2D eigenvalue weighted by atomic mass is 10.1. The number of nitrogens with one attached hydrogen (secondary N) is 1. The molecule has 7 nitrogen and oxygen atoms in total. The van der Waals surface area contributed by atoms with Crippen LogP contribution >= 0.6 is 34.5 Å². The summed E-state index contributed by atoms with van der Waals surface area (Å²) < 4.78 is 6.28. The predicted octanol–water partition coefficient (Wildman–Crippen LogP) is 4.01. The van der Waals surface area contributed by atoms with E-state index in [0.29, 0.717) is 26.5 Å². The summed E-state index contributed by atoms with van der Waals surface area (Å²) in [5.74, 6) is 0.0265. The van der Waals surface area contributed by atoms with E-state index >= 15 is 0 Å². The van der Waals surface area contributed by atoms with Gasteiger partial charge in [-0.1, -0.05) is 34.5 Å². The molecule has 0 spiro atoms. The molecule has 0 unspecified atom stereocenters. The summed E-state index contributed by atoms with van der Waals surface area (Å²) in [6.07, 6.45) is 0. The zero-order chi connectivity index (χ0) is 22.0. The number of halogens is 2. The van der Waals surface area contributed by atoms with Crippen molar-refractivity contribution in [1.82, 2.24) is 14.8 Å². The first-order chi connectivity index (χ1) is 14.9. The molecule has 1 saturated heterocycles. The van der Waals surface area contributed by atoms with Crippen molar-refractivity contribution in [1.29, 1.82) is 0 Å². The molecule has 0 atom stereocenters. The summed E-state index contributed by atoms with van der Waals surface area (Å²) in [7, 11) is 2.05. The van der Waals surface area contributed by atoms with E-state index in [4.69, 9.17) is 27.9 Å². The van der Waals surface area contributed by atoms with Crippen molar-refractivity contribution in [2.75, 3.05) is 45.2 Å². The van der Waals surface area contributed by atoms with E-state index < -0.39 is 0 Å². The highest BCUT2D eigenvalue weighted by Gasteiger charge is 2.21. The van der Waals surface area contributed by atoms with Gasteiger partial charge in [-0.2, -0.15) is 0 Å². The van der Waals surface area contributed by atoms with Crippen LogP contribution in [0.4, 0.5) is 5.13 Å². The lowest BCUT2D eigenvalue weighted by Gasteiger charge is -2.32. The van der Waals surface area contributed by atoms with E-state index in [1.807, 2.05) is 11.0 Å². The summed E-state index contributed by atoms with van der Waals surface area (Å²) in [6, 6.07) is 10.2. The van der Waals surface area contributed by atoms with Crippen molar-refractivity contribution in [3.05, 3.63) is 52.0 Å². The number of anilines is 1. The highest BCUT2D eigenvalue weighted by molar-refractivity contribution is 7.22. The van der Waals surface area contributed by atoms with Crippen molar-refractivity contribution in [3.63, 3.8) is 0 Å². The molecule has 0 aliphatic carbocycles. The molecule has 162 valence electrons. The summed E-state index contributed by atoms with van der Waals surface area (Å²) in [5.41, 5.74) is 1.34. The number of carbonyl (C=O) groups is 2. The van der Waals surface area contributed by atoms with E-state index in [0.717, 1.165) is 36.4 Å². The number of nitrogens with zero attached hydrogens (tertiary/aromatic N) is 3. The molecule has 4 rings (SSSR count). The van der Waals surface area contributed by atoms with E-state index in [1.54, 1.807) is 30.3 Å². The average Bonchev–Trinajstić information content (AvgIpc) is 3.14. The van der Waals surface area contributed by atoms with E-state index in [-0.39, 0.29) is 18.4 Å². The van der Waals surface area contributed by atoms with Crippen LogP contribution in [0.25, 0.3) is 10.2 Å². The van der Waals surface area contributed by atoms with Crippen molar-refractivity contribution >= 4 is 61.7 Å². The minimum absolute atomic E-state index is 0.0160. The average molecular weight is 479 g/mol. The quantitative estimate of drug-likeness (QED) is 0.599. The lowest BCUT2D eigenvalue weighted by molar-refractivity contribution is -0.118. The van der Waals surface area contributed by atoms with E-state index in [9.17, 15) is 9.59 Å². The number of likely N-dealkylation sites (N-methyl/N-ethyl adjacent to an activating group) is 1. The number of benzene rings is 2. The molecule has 1 fully saturated rings. The standard InChI is InChI=1S/C21H20Cl2N4O3S/c1-26-6-8-27(9-7-26)20(29)13-2-4-16-18(10-13)31-21(24-16)25-19(28)12-30-17-5-3-14(22)11-15(17)23/h2-5,10-11H,6-9,12H2,1H3,(H,24,25,28). The van der Waals surface area contributed by atoms with Gasteiger partial charge in [0.25, 0.3) is 11.8 Å². The topological polar surface area (TPSA) is 74.8 Å². The van der Waals surface area contributed by atoms with Gasteiger partial charge in [0.1, 0.15) is 5.75 Å². The zero-order valence-electron chi connectivity index (χ0n) is 16.7. The molecule has 3 aromatic rings. The molecular weight excluding hydrogens is 459 g/mol. The fraction of sp³-hybridized carbons (Fsp3) is 0.286. The molecule has 0 bridgehead atoms. The van der Waals surface area contributed by atoms with Gasteiger partial charge in [-0.05, 0) is 43.4 Å². The monoisotopic (exact) mass is 478 g/mol. The number of thiazole rings is 1. The Labute approximate surface area is 193 Å². The largest absolute Gasteiger partial charge is 0.482 e. The van der Waals surface area contributed by atoms with Crippen LogP contribution < -0.4 is 10.1 Å². The number of hydrogen-bond acceptors (Lipinski definition) is 6. The Morgan fingerprint density at radius 2 is 1.90 bits per heavy atom. The molecule has 1 aliphatic heterocycles. The number of rotatable bonds is 5. The van der Waals surface area contributed by atoms with Crippen LogP contribution in [0.15, 0.2) is 36.4 Å². The third kappa shape index (κ3) is 5.27. The van der Waals surface area contributed by atoms with Gasteiger partial charge < -0.3 is 14.5 Å². The third-order valence-corrected chi connectivity index (χ3v) is 6.39.